The van der Waals surface area contributed by atoms with Crippen molar-refractivity contribution in [1.29, 1.82) is 0 Å². The maximum absolute atomic E-state index is 6.28. The topological polar surface area (TPSA) is 21.3 Å². The third-order valence-corrected chi connectivity index (χ3v) is 12.0. The highest BCUT2D eigenvalue weighted by atomic mass is 16.3. The summed E-state index contributed by atoms with van der Waals surface area (Å²) in [4.78, 5) is 2.43. The van der Waals surface area contributed by atoms with E-state index in [0.717, 1.165) is 39.3 Å². The zero-order chi connectivity index (χ0) is 38.9. The highest BCUT2D eigenvalue weighted by Gasteiger charge is 2.21. The summed E-state index contributed by atoms with van der Waals surface area (Å²) in [6.45, 7) is 0. The fourth-order valence-corrected chi connectivity index (χ4v) is 9.29. The second-order valence-corrected chi connectivity index (χ2v) is 15.3. The van der Waals surface area contributed by atoms with E-state index in [-0.39, 0.29) is 0 Å². The molecule has 59 heavy (non-hydrogen) atoms. The molecule has 0 unspecified atom stereocenters. The maximum atomic E-state index is 6.28. The van der Waals surface area contributed by atoms with Crippen LogP contribution in [0.4, 0.5) is 17.1 Å². The molecule has 2 heterocycles. The molecule has 0 aliphatic heterocycles. The fourth-order valence-electron chi connectivity index (χ4n) is 9.29. The Morgan fingerprint density at radius 3 is 1.95 bits per heavy atom. The SMILES string of the molecule is c1ccc(-c2ccccc2N(c2ccc3c(-c4ccc5ccc6oc7ccccc7c6c5c4)cccc3c2)c2ccc3c(c2)c2ccccc2n3-c2ccccc2)cc1. The van der Waals surface area contributed by atoms with E-state index >= 15 is 0 Å². The monoisotopic (exact) mass is 752 g/mol. The predicted molar refractivity (Wildman–Crippen MR) is 249 cm³/mol. The molecule has 0 atom stereocenters. The molecular weight excluding hydrogens is 717 g/mol. The second-order valence-electron chi connectivity index (χ2n) is 15.3. The number of hydrogen-bond acceptors (Lipinski definition) is 2. The first-order chi connectivity index (χ1) is 29.3. The van der Waals surface area contributed by atoms with Crippen LogP contribution in [0, 0.1) is 0 Å². The van der Waals surface area contributed by atoms with Gasteiger partial charge in [-0.3, -0.25) is 0 Å². The van der Waals surface area contributed by atoms with Crippen LogP contribution in [-0.4, -0.2) is 4.57 Å². The lowest BCUT2D eigenvalue weighted by Gasteiger charge is -2.28. The van der Waals surface area contributed by atoms with Gasteiger partial charge in [0.15, 0.2) is 0 Å². The highest BCUT2D eigenvalue weighted by molar-refractivity contribution is 6.19. The van der Waals surface area contributed by atoms with Crippen LogP contribution in [-0.2, 0) is 0 Å². The van der Waals surface area contributed by atoms with Crippen LogP contribution in [0.3, 0.4) is 0 Å². The number of fused-ring (bicyclic) bond motifs is 9. The van der Waals surface area contributed by atoms with Crippen molar-refractivity contribution in [3.05, 3.63) is 218 Å². The normalized spacial score (nSPS) is 11.7. The molecular formula is C56H36N2O. The van der Waals surface area contributed by atoms with Crippen molar-refractivity contribution < 1.29 is 4.42 Å². The minimum Gasteiger partial charge on any atom is -0.456 e. The summed E-state index contributed by atoms with van der Waals surface area (Å²) in [7, 11) is 0. The van der Waals surface area contributed by atoms with Crippen LogP contribution in [0.25, 0.3) is 93.2 Å². The van der Waals surface area contributed by atoms with Gasteiger partial charge >= 0.3 is 0 Å². The molecule has 3 heteroatoms. The minimum atomic E-state index is 0.914. The van der Waals surface area contributed by atoms with Crippen molar-refractivity contribution >= 4 is 82.4 Å². The third kappa shape index (κ3) is 5.36. The molecule has 0 saturated heterocycles. The summed E-state index contributed by atoms with van der Waals surface area (Å²) in [6, 6.07) is 78.8. The number of nitrogens with zero attached hydrogens (tertiary/aromatic N) is 2. The van der Waals surface area contributed by atoms with E-state index in [4.69, 9.17) is 4.42 Å². The molecule has 276 valence electrons. The predicted octanol–water partition coefficient (Wildman–Crippen LogP) is 15.8. The molecule has 0 spiro atoms. The van der Waals surface area contributed by atoms with Crippen LogP contribution in [0.5, 0.6) is 0 Å². The molecule has 0 N–H and O–H groups in total. The summed E-state index contributed by atoms with van der Waals surface area (Å²) < 4.78 is 8.66. The Morgan fingerprint density at radius 1 is 0.356 bits per heavy atom. The van der Waals surface area contributed by atoms with E-state index in [1.165, 1.54) is 71.0 Å². The van der Waals surface area contributed by atoms with Gasteiger partial charge in [0.2, 0.25) is 0 Å². The Kier molecular flexibility index (Phi) is 7.54. The van der Waals surface area contributed by atoms with Gasteiger partial charge in [-0.25, -0.2) is 0 Å². The molecule has 0 aliphatic carbocycles. The van der Waals surface area contributed by atoms with Gasteiger partial charge in [0.05, 0.1) is 16.7 Å². The molecule has 0 aliphatic rings. The summed E-state index contributed by atoms with van der Waals surface area (Å²) in [6.07, 6.45) is 0. The van der Waals surface area contributed by atoms with Crippen molar-refractivity contribution in [2.75, 3.05) is 4.90 Å². The summed E-state index contributed by atoms with van der Waals surface area (Å²) >= 11 is 0. The highest BCUT2D eigenvalue weighted by Crippen LogP contribution is 2.45. The van der Waals surface area contributed by atoms with E-state index in [0.29, 0.717) is 0 Å². The minimum absolute atomic E-state index is 0.914. The van der Waals surface area contributed by atoms with Crippen LogP contribution in [0.1, 0.15) is 0 Å². The van der Waals surface area contributed by atoms with Crippen molar-refractivity contribution in [3.8, 4) is 27.9 Å². The van der Waals surface area contributed by atoms with E-state index in [1.54, 1.807) is 0 Å². The van der Waals surface area contributed by atoms with E-state index < -0.39 is 0 Å². The van der Waals surface area contributed by atoms with Gasteiger partial charge in [-0.05, 0) is 111 Å². The number of rotatable bonds is 6. The molecule has 0 fully saturated rings. The number of anilines is 3. The van der Waals surface area contributed by atoms with Gasteiger partial charge < -0.3 is 13.9 Å². The van der Waals surface area contributed by atoms with Crippen molar-refractivity contribution in [2.24, 2.45) is 0 Å². The van der Waals surface area contributed by atoms with Crippen LogP contribution in [0.15, 0.2) is 223 Å². The zero-order valence-corrected chi connectivity index (χ0v) is 32.1. The standard InChI is InChI=1S/C56H36N2O/c1-3-14-37(15-4-1)46-19-7-10-23-51(46)57(43-30-32-53-50(36-43)47-20-8-11-24-52(47)58(53)41-17-5-2-6-18-41)42-29-31-45-39(34-42)16-13-22-44(45)40-27-26-38-28-33-55-56(49(38)35-40)48-21-9-12-25-54(48)59-55/h1-36H. The van der Waals surface area contributed by atoms with Gasteiger partial charge in [-0.2, -0.15) is 0 Å². The number of furan rings is 1. The Morgan fingerprint density at radius 2 is 1.05 bits per heavy atom. The number of hydrogen-bond donors (Lipinski definition) is 0. The first-order valence-corrected chi connectivity index (χ1v) is 20.2. The van der Waals surface area contributed by atoms with E-state index in [1.807, 2.05) is 6.07 Å². The number of aromatic nitrogens is 1. The van der Waals surface area contributed by atoms with Gasteiger partial charge in [-0.1, -0.05) is 146 Å². The van der Waals surface area contributed by atoms with Gasteiger partial charge in [-0.15, -0.1) is 0 Å². The maximum Gasteiger partial charge on any atom is 0.136 e. The first kappa shape index (κ1) is 33.3. The molecule has 10 aromatic carbocycles. The van der Waals surface area contributed by atoms with Crippen molar-refractivity contribution in [3.63, 3.8) is 0 Å². The van der Waals surface area contributed by atoms with Gasteiger partial charge in [0, 0.05) is 44.2 Å². The van der Waals surface area contributed by atoms with E-state index in [9.17, 15) is 0 Å². The van der Waals surface area contributed by atoms with Crippen molar-refractivity contribution in [2.45, 2.75) is 0 Å². The average molecular weight is 753 g/mol. The lowest BCUT2D eigenvalue weighted by atomic mass is 9.94. The molecule has 0 bridgehead atoms. The number of para-hydroxylation sites is 4. The summed E-state index contributed by atoms with van der Waals surface area (Å²) in [5.74, 6) is 0. The Bertz CT molecular complexity index is 3560. The third-order valence-electron chi connectivity index (χ3n) is 12.0. The molecule has 2 aromatic heterocycles. The number of benzene rings is 10. The van der Waals surface area contributed by atoms with Crippen LogP contribution >= 0.6 is 0 Å². The quantitative estimate of drug-likeness (QED) is 0.169. The van der Waals surface area contributed by atoms with Crippen LogP contribution in [0.2, 0.25) is 0 Å². The summed E-state index contributed by atoms with van der Waals surface area (Å²) in [5, 5.41) is 9.53. The molecule has 12 rings (SSSR count). The second kappa shape index (κ2) is 13.4. The molecule has 0 amide bonds. The molecule has 3 nitrogen and oxygen atoms in total. The summed E-state index contributed by atoms with van der Waals surface area (Å²) in [5.41, 5.74) is 13.4. The smallest absolute Gasteiger partial charge is 0.136 e. The Balaban J connectivity index is 1.06. The molecule has 0 radical (unpaired) electrons. The van der Waals surface area contributed by atoms with Crippen LogP contribution < -0.4 is 4.90 Å². The lowest BCUT2D eigenvalue weighted by molar-refractivity contribution is 0.669. The average Bonchev–Trinajstić information content (AvgIpc) is 3.85. The van der Waals surface area contributed by atoms with Crippen molar-refractivity contribution in [1.82, 2.24) is 4.57 Å². The first-order valence-electron chi connectivity index (χ1n) is 20.2. The fraction of sp³-hybridized carbons (Fsp3) is 0. The molecule has 12 aromatic rings. The van der Waals surface area contributed by atoms with Gasteiger partial charge in [0.1, 0.15) is 11.2 Å². The van der Waals surface area contributed by atoms with E-state index in [2.05, 4.69) is 222 Å². The molecule has 0 saturated carbocycles. The Hall–Kier alpha value is -7.88. The zero-order valence-electron chi connectivity index (χ0n) is 32.1. The Labute approximate surface area is 341 Å². The van der Waals surface area contributed by atoms with Gasteiger partial charge in [0.25, 0.3) is 0 Å². The largest absolute Gasteiger partial charge is 0.456 e. The lowest BCUT2D eigenvalue weighted by Crippen LogP contribution is -2.11.